The fourth-order valence-electron chi connectivity index (χ4n) is 3.38. The van der Waals surface area contributed by atoms with E-state index in [-0.39, 0.29) is 4.90 Å². The van der Waals surface area contributed by atoms with E-state index >= 15 is 0 Å². The van der Waals surface area contributed by atoms with Crippen molar-refractivity contribution in [3.8, 4) is 11.5 Å². The van der Waals surface area contributed by atoms with Gasteiger partial charge < -0.3 is 19.2 Å². The van der Waals surface area contributed by atoms with Gasteiger partial charge in [0.15, 0.2) is 11.3 Å². The van der Waals surface area contributed by atoms with Gasteiger partial charge in [-0.1, -0.05) is 18.2 Å². The van der Waals surface area contributed by atoms with Crippen LogP contribution < -0.4 is 25.1 Å². The highest BCUT2D eigenvalue weighted by Crippen LogP contribution is 2.30. The van der Waals surface area contributed by atoms with Crippen LogP contribution in [-0.4, -0.2) is 22.6 Å². The highest BCUT2D eigenvalue weighted by atomic mass is 32.2. The molecular formula is C24H22N2O6S. The first kappa shape index (κ1) is 22.2. The van der Waals surface area contributed by atoms with Gasteiger partial charge in [0.05, 0.1) is 30.5 Å². The zero-order valence-electron chi connectivity index (χ0n) is 18.0. The zero-order chi connectivity index (χ0) is 23.4. The molecule has 1 heterocycles. The minimum Gasteiger partial charge on any atom is -0.497 e. The van der Waals surface area contributed by atoms with Gasteiger partial charge in [0.25, 0.3) is 10.0 Å². The van der Waals surface area contributed by atoms with Crippen LogP contribution in [0.4, 0.5) is 11.4 Å². The van der Waals surface area contributed by atoms with Crippen LogP contribution in [0, 0.1) is 0 Å². The van der Waals surface area contributed by atoms with Crippen molar-refractivity contribution in [3.05, 3.63) is 88.8 Å². The Labute approximate surface area is 190 Å². The van der Waals surface area contributed by atoms with Gasteiger partial charge in [0.1, 0.15) is 5.75 Å². The van der Waals surface area contributed by atoms with Gasteiger partial charge in [0.2, 0.25) is 0 Å². The fraction of sp³-hybridized carbons (Fsp3) is 0.125. The summed E-state index contributed by atoms with van der Waals surface area (Å²) in [5.74, 6) is 1.03. The number of sulfonamides is 1. The molecule has 3 aromatic carbocycles. The van der Waals surface area contributed by atoms with Gasteiger partial charge in [-0.2, -0.15) is 0 Å². The monoisotopic (exact) mass is 466 g/mol. The van der Waals surface area contributed by atoms with E-state index in [1.165, 1.54) is 32.4 Å². The smallest absolute Gasteiger partial charge is 0.336 e. The number of rotatable bonds is 8. The minimum atomic E-state index is -3.80. The summed E-state index contributed by atoms with van der Waals surface area (Å²) < 4.78 is 44.1. The number of ether oxygens (including phenoxy) is 2. The minimum absolute atomic E-state index is 0.120. The quantitative estimate of drug-likeness (QED) is 0.374. The molecule has 0 fully saturated rings. The van der Waals surface area contributed by atoms with E-state index in [9.17, 15) is 13.2 Å². The van der Waals surface area contributed by atoms with E-state index in [0.717, 1.165) is 10.9 Å². The molecule has 4 aromatic rings. The number of methoxy groups -OCH3 is 2. The Kier molecular flexibility index (Phi) is 6.23. The van der Waals surface area contributed by atoms with Crippen molar-refractivity contribution in [3.63, 3.8) is 0 Å². The van der Waals surface area contributed by atoms with Gasteiger partial charge in [-0.3, -0.25) is 4.72 Å². The number of fused-ring (bicyclic) bond motifs is 1. The second-order valence-corrected chi connectivity index (χ2v) is 8.79. The summed E-state index contributed by atoms with van der Waals surface area (Å²) in [5.41, 5.74) is 1.73. The molecule has 2 N–H and O–H groups in total. The lowest BCUT2D eigenvalue weighted by Crippen LogP contribution is -2.14. The average molecular weight is 467 g/mol. The highest BCUT2D eigenvalue weighted by Gasteiger charge is 2.16. The van der Waals surface area contributed by atoms with Gasteiger partial charge in [-0.05, 0) is 54.1 Å². The standard InChI is InChI=1S/C24H22N2O6S/c1-30-17-8-10-18(11-9-17)33(28,29)26-21-6-4-3-5-20(21)25-15-16-7-13-22(31-2)24-19(16)12-14-23(27)32-24/h3-14,25-26H,15H2,1-2H3. The van der Waals surface area contributed by atoms with Crippen LogP contribution in [0.25, 0.3) is 11.0 Å². The van der Waals surface area contributed by atoms with E-state index in [4.69, 9.17) is 13.9 Å². The molecule has 0 atom stereocenters. The third kappa shape index (κ3) is 4.78. The molecule has 33 heavy (non-hydrogen) atoms. The number of anilines is 2. The molecule has 0 radical (unpaired) electrons. The topological polar surface area (TPSA) is 107 Å². The molecule has 1 aromatic heterocycles. The Morgan fingerprint density at radius 3 is 2.27 bits per heavy atom. The first-order valence-electron chi connectivity index (χ1n) is 10.0. The van der Waals surface area contributed by atoms with E-state index in [1.54, 1.807) is 48.5 Å². The largest absolute Gasteiger partial charge is 0.497 e. The molecule has 4 rings (SSSR count). The first-order chi connectivity index (χ1) is 15.9. The lowest BCUT2D eigenvalue weighted by molar-refractivity contribution is 0.406. The Bertz CT molecular complexity index is 1450. The average Bonchev–Trinajstić information content (AvgIpc) is 2.83. The number of hydrogen-bond donors (Lipinski definition) is 2. The summed E-state index contributed by atoms with van der Waals surface area (Å²) >= 11 is 0. The molecule has 0 aliphatic rings. The second kappa shape index (κ2) is 9.25. The number of para-hydroxylation sites is 2. The summed E-state index contributed by atoms with van der Waals surface area (Å²) in [6, 6.07) is 19.8. The van der Waals surface area contributed by atoms with Crippen LogP contribution in [-0.2, 0) is 16.6 Å². The molecular weight excluding hydrogens is 444 g/mol. The lowest BCUT2D eigenvalue weighted by Gasteiger charge is -2.15. The molecule has 0 amide bonds. The molecule has 0 saturated carbocycles. The van der Waals surface area contributed by atoms with Crippen molar-refractivity contribution in [2.45, 2.75) is 11.4 Å². The highest BCUT2D eigenvalue weighted by molar-refractivity contribution is 7.92. The predicted molar refractivity (Wildman–Crippen MR) is 127 cm³/mol. The van der Waals surface area contributed by atoms with Crippen LogP contribution in [0.3, 0.4) is 0 Å². The van der Waals surface area contributed by atoms with Crippen LogP contribution in [0.1, 0.15) is 5.56 Å². The molecule has 0 bridgehead atoms. The summed E-state index contributed by atoms with van der Waals surface area (Å²) in [6.45, 7) is 0.357. The molecule has 0 saturated heterocycles. The van der Waals surface area contributed by atoms with E-state index < -0.39 is 15.6 Å². The summed E-state index contributed by atoms with van der Waals surface area (Å²) in [5, 5.41) is 3.98. The van der Waals surface area contributed by atoms with Crippen molar-refractivity contribution in [1.29, 1.82) is 0 Å². The number of hydrogen-bond acceptors (Lipinski definition) is 7. The second-order valence-electron chi connectivity index (χ2n) is 7.10. The first-order valence-corrected chi connectivity index (χ1v) is 11.5. The Morgan fingerprint density at radius 1 is 0.848 bits per heavy atom. The molecule has 0 aliphatic carbocycles. The third-order valence-electron chi connectivity index (χ3n) is 5.07. The number of nitrogens with one attached hydrogen (secondary N) is 2. The van der Waals surface area contributed by atoms with Crippen molar-refractivity contribution >= 4 is 32.4 Å². The number of benzene rings is 3. The Hall–Kier alpha value is -3.98. The molecule has 0 unspecified atom stereocenters. The Balaban J connectivity index is 1.59. The fourth-order valence-corrected chi connectivity index (χ4v) is 4.46. The van der Waals surface area contributed by atoms with Gasteiger partial charge in [-0.15, -0.1) is 0 Å². The van der Waals surface area contributed by atoms with Gasteiger partial charge in [-0.25, -0.2) is 13.2 Å². The van der Waals surface area contributed by atoms with Crippen molar-refractivity contribution < 1.29 is 22.3 Å². The molecule has 8 nitrogen and oxygen atoms in total. The van der Waals surface area contributed by atoms with Gasteiger partial charge in [0, 0.05) is 18.0 Å². The maximum Gasteiger partial charge on any atom is 0.336 e. The predicted octanol–water partition coefficient (Wildman–Crippen LogP) is 4.22. The molecule has 170 valence electrons. The third-order valence-corrected chi connectivity index (χ3v) is 6.45. The molecule has 9 heteroatoms. The van der Waals surface area contributed by atoms with E-state index in [2.05, 4.69) is 10.0 Å². The zero-order valence-corrected chi connectivity index (χ0v) is 18.8. The summed E-state index contributed by atoms with van der Waals surface area (Å²) in [7, 11) is -0.782. The van der Waals surface area contributed by atoms with Crippen LogP contribution in [0.5, 0.6) is 11.5 Å². The SMILES string of the molecule is COc1ccc(S(=O)(=O)Nc2ccccc2NCc2ccc(OC)c3oc(=O)ccc23)cc1. The maximum atomic E-state index is 12.9. The molecule has 0 spiro atoms. The summed E-state index contributed by atoms with van der Waals surface area (Å²) in [6.07, 6.45) is 0. The van der Waals surface area contributed by atoms with Crippen LogP contribution in [0.15, 0.2) is 86.9 Å². The van der Waals surface area contributed by atoms with Crippen molar-refractivity contribution in [1.82, 2.24) is 0 Å². The summed E-state index contributed by atoms with van der Waals surface area (Å²) in [4.78, 5) is 11.8. The van der Waals surface area contributed by atoms with Crippen LogP contribution in [0.2, 0.25) is 0 Å². The van der Waals surface area contributed by atoms with Gasteiger partial charge >= 0.3 is 5.63 Å². The van der Waals surface area contributed by atoms with Crippen molar-refractivity contribution in [2.75, 3.05) is 24.3 Å². The lowest BCUT2D eigenvalue weighted by atomic mass is 10.1. The van der Waals surface area contributed by atoms with E-state index in [0.29, 0.717) is 35.0 Å². The van der Waals surface area contributed by atoms with Crippen molar-refractivity contribution in [2.24, 2.45) is 0 Å². The normalized spacial score (nSPS) is 11.2. The van der Waals surface area contributed by atoms with Crippen LogP contribution >= 0.6 is 0 Å². The Morgan fingerprint density at radius 2 is 1.58 bits per heavy atom. The van der Waals surface area contributed by atoms with E-state index in [1.807, 2.05) is 6.07 Å². The molecule has 0 aliphatic heterocycles. The maximum absolute atomic E-state index is 12.9.